The van der Waals surface area contributed by atoms with Crippen molar-refractivity contribution in [2.75, 3.05) is 5.32 Å². The minimum atomic E-state index is 0.0463. The first kappa shape index (κ1) is 13.8. The van der Waals surface area contributed by atoms with Crippen LogP contribution in [-0.2, 0) is 0 Å². The van der Waals surface area contributed by atoms with E-state index in [4.69, 9.17) is 0 Å². The number of hydrogen-bond acceptors (Lipinski definition) is 3. The molecule has 0 fully saturated rings. The van der Waals surface area contributed by atoms with Gasteiger partial charge in [0.25, 0.3) is 0 Å². The third-order valence-corrected chi connectivity index (χ3v) is 4.08. The molecule has 1 aliphatic heterocycles. The van der Waals surface area contributed by atoms with Crippen LogP contribution < -0.4 is 5.32 Å². The summed E-state index contributed by atoms with van der Waals surface area (Å²) >= 11 is 0. The molecule has 1 N–H and O–H groups in total. The normalized spacial score (nSPS) is 16.4. The Bertz CT molecular complexity index is 860. The van der Waals surface area contributed by atoms with Crippen LogP contribution in [0, 0.1) is 13.8 Å². The van der Waals surface area contributed by atoms with Crippen LogP contribution in [0.15, 0.2) is 60.7 Å². The van der Waals surface area contributed by atoms with Gasteiger partial charge in [0.2, 0.25) is 5.95 Å². The second-order valence-corrected chi connectivity index (χ2v) is 5.85. The topological polar surface area (TPSA) is 42.7 Å². The lowest BCUT2D eigenvalue weighted by molar-refractivity contribution is 0.607. The number of benzene rings is 2. The highest BCUT2D eigenvalue weighted by atomic mass is 15.4. The Morgan fingerprint density at radius 2 is 1.70 bits per heavy atom. The van der Waals surface area contributed by atoms with Gasteiger partial charge < -0.3 is 5.32 Å². The highest BCUT2D eigenvalue weighted by Gasteiger charge is 2.24. The van der Waals surface area contributed by atoms with E-state index in [1.54, 1.807) is 0 Å². The first-order chi connectivity index (χ1) is 11.2. The SMILES string of the molecule is Cc1ccc(C2=C[C@@H](c3ccccc3)n3nc(C)nc3N2)cc1. The van der Waals surface area contributed by atoms with Crippen LogP contribution in [-0.4, -0.2) is 14.8 Å². The number of allylic oxidation sites excluding steroid dienone is 1. The van der Waals surface area contributed by atoms with E-state index < -0.39 is 0 Å². The molecule has 3 aromatic rings. The molecule has 1 atom stereocenters. The van der Waals surface area contributed by atoms with Crippen LogP contribution in [0.3, 0.4) is 0 Å². The Balaban J connectivity index is 1.82. The summed E-state index contributed by atoms with van der Waals surface area (Å²) in [6.45, 7) is 4.01. The molecular formula is C19H18N4. The molecule has 4 rings (SSSR count). The van der Waals surface area contributed by atoms with E-state index in [0.29, 0.717) is 0 Å². The summed E-state index contributed by atoms with van der Waals surface area (Å²) < 4.78 is 1.95. The molecular weight excluding hydrogens is 284 g/mol. The number of aryl methyl sites for hydroxylation is 2. The lowest BCUT2D eigenvalue weighted by Crippen LogP contribution is -2.20. The van der Waals surface area contributed by atoms with E-state index in [9.17, 15) is 0 Å². The summed E-state index contributed by atoms with van der Waals surface area (Å²) in [6, 6.07) is 19.0. The Hall–Kier alpha value is -2.88. The first-order valence-electron chi connectivity index (χ1n) is 7.75. The Morgan fingerprint density at radius 3 is 2.43 bits per heavy atom. The van der Waals surface area contributed by atoms with Crippen molar-refractivity contribution in [3.8, 4) is 0 Å². The van der Waals surface area contributed by atoms with E-state index >= 15 is 0 Å². The monoisotopic (exact) mass is 302 g/mol. The maximum absolute atomic E-state index is 4.55. The number of anilines is 1. The van der Waals surface area contributed by atoms with Gasteiger partial charge in [-0.2, -0.15) is 10.1 Å². The molecule has 23 heavy (non-hydrogen) atoms. The van der Waals surface area contributed by atoms with Crippen molar-refractivity contribution in [1.29, 1.82) is 0 Å². The minimum absolute atomic E-state index is 0.0463. The van der Waals surface area contributed by atoms with E-state index in [-0.39, 0.29) is 6.04 Å². The van der Waals surface area contributed by atoms with Crippen molar-refractivity contribution in [3.05, 3.63) is 83.2 Å². The van der Waals surface area contributed by atoms with Crippen LogP contribution in [0.5, 0.6) is 0 Å². The molecule has 1 aromatic heterocycles. The molecule has 4 heteroatoms. The second-order valence-electron chi connectivity index (χ2n) is 5.85. The molecule has 0 saturated heterocycles. The second kappa shape index (κ2) is 5.39. The van der Waals surface area contributed by atoms with E-state index in [0.717, 1.165) is 23.0 Å². The number of nitrogens with one attached hydrogen (secondary N) is 1. The first-order valence-corrected chi connectivity index (χ1v) is 7.75. The lowest BCUT2D eigenvalue weighted by Gasteiger charge is -2.24. The summed E-state index contributed by atoms with van der Waals surface area (Å²) in [7, 11) is 0. The Labute approximate surface area is 135 Å². The predicted octanol–water partition coefficient (Wildman–Crippen LogP) is 3.95. The Morgan fingerprint density at radius 1 is 0.957 bits per heavy atom. The highest BCUT2D eigenvalue weighted by molar-refractivity contribution is 5.77. The molecule has 0 saturated carbocycles. The van der Waals surface area contributed by atoms with Crippen molar-refractivity contribution in [3.63, 3.8) is 0 Å². The maximum Gasteiger partial charge on any atom is 0.226 e. The van der Waals surface area contributed by atoms with Gasteiger partial charge in [-0.15, -0.1) is 0 Å². The summed E-state index contributed by atoms with van der Waals surface area (Å²) in [4.78, 5) is 4.52. The minimum Gasteiger partial charge on any atom is -0.324 e. The zero-order chi connectivity index (χ0) is 15.8. The fourth-order valence-corrected chi connectivity index (χ4v) is 2.89. The van der Waals surface area contributed by atoms with E-state index in [2.05, 4.69) is 76.9 Å². The lowest BCUT2D eigenvalue weighted by atomic mass is 10.0. The summed E-state index contributed by atoms with van der Waals surface area (Å²) in [5.41, 5.74) is 4.68. The third kappa shape index (κ3) is 2.52. The molecule has 4 nitrogen and oxygen atoms in total. The number of fused-ring (bicyclic) bond motifs is 1. The largest absolute Gasteiger partial charge is 0.324 e. The van der Waals surface area contributed by atoms with Gasteiger partial charge in [-0.3, -0.25) is 0 Å². The molecule has 114 valence electrons. The van der Waals surface area contributed by atoms with Crippen LogP contribution in [0.4, 0.5) is 5.95 Å². The molecule has 2 heterocycles. The average Bonchev–Trinajstić information content (AvgIpc) is 2.95. The Kier molecular flexibility index (Phi) is 3.23. The predicted molar refractivity (Wildman–Crippen MR) is 92.1 cm³/mol. The molecule has 1 aliphatic rings. The van der Waals surface area contributed by atoms with Gasteiger partial charge in [-0.05, 0) is 31.1 Å². The van der Waals surface area contributed by atoms with E-state index in [1.165, 1.54) is 11.1 Å². The fraction of sp³-hybridized carbons (Fsp3) is 0.158. The molecule has 0 radical (unpaired) electrons. The number of rotatable bonds is 2. The van der Waals surface area contributed by atoms with Gasteiger partial charge >= 0.3 is 0 Å². The van der Waals surface area contributed by atoms with Crippen molar-refractivity contribution in [1.82, 2.24) is 14.8 Å². The smallest absolute Gasteiger partial charge is 0.226 e. The number of aromatic nitrogens is 3. The van der Waals surface area contributed by atoms with Gasteiger partial charge in [-0.1, -0.05) is 60.2 Å². The maximum atomic E-state index is 4.55. The van der Waals surface area contributed by atoms with Crippen LogP contribution in [0.2, 0.25) is 0 Å². The van der Waals surface area contributed by atoms with Crippen LogP contribution >= 0.6 is 0 Å². The average molecular weight is 302 g/mol. The van der Waals surface area contributed by atoms with E-state index in [1.807, 2.05) is 17.7 Å². The quantitative estimate of drug-likeness (QED) is 0.779. The van der Waals surface area contributed by atoms with Gasteiger partial charge in [0.15, 0.2) is 0 Å². The third-order valence-electron chi connectivity index (χ3n) is 4.08. The van der Waals surface area contributed by atoms with Gasteiger partial charge in [0.1, 0.15) is 11.9 Å². The number of hydrogen-bond donors (Lipinski definition) is 1. The fourth-order valence-electron chi connectivity index (χ4n) is 2.89. The zero-order valence-electron chi connectivity index (χ0n) is 13.2. The van der Waals surface area contributed by atoms with Crippen molar-refractivity contribution in [2.45, 2.75) is 19.9 Å². The van der Waals surface area contributed by atoms with Gasteiger partial charge in [-0.25, -0.2) is 4.68 Å². The highest BCUT2D eigenvalue weighted by Crippen LogP contribution is 2.32. The zero-order valence-corrected chi connectivity index (χ0v) is 13.2. The van der Waals surface area contributed by atoms with Crippen molar-refractivity contribution in [2.24, 2.45) is 0 Å². The molecule has 0 unspecified atom stereocenters. The standard InChI is InChI=1S/C19H18N4/c1-13-8-10-15(11-9-13)17-12-18(16-6-4-3-5-7-16)23-19(21-17)20-14(2)22-23/h3-12,18H,1-2H3,(H,20,21,22)/t18-/m0/s1. The molecule has 0 bridgehead atoms. The van der Waals surface area contributed by atoms with Gasteiger partial charge in [0.05, 0.1) is 0 Å². The van der Waals surface area contributed by atoms with Gasteiger partial charge in [0, 0.05) is 5.70 Å². The molecule has 0 aliphatic carbocycles. The summed E-state index contributed by atoms with van der Waals surface area (Å²) in [5, 5.41) is 7.95. The van der Waals surface area contributed by atoms with Crippen molar-refractivity contribution < 1.29 is 0 Å². The van der Waals surface area contributed by atoms with Crippen LogP contribution in [0.25, 0.3) is 5.70 Å². The molecule has 0 amide bonds. The molecule has 2 aromatic carbocycles. The van der Waals surface area contributed by atoms with Crippen LogP contribution in [0.1, 0.15) is 28.6 Å². The number of nitrogens with zero attached hydrogens (tertiary/aromatic N) is 3. The molecule has 0 spiro atoms. The van der Waals surface area contributed by atoms with Crippen molar-refractivity contribution >= 4 is 11.6 Å². The summed E-state index contributed by atoms with van der Waals surface area (Å²) in [5.74, 6) is 1.56. The summed E-state index contributed by atoms with van der Waals surface area (Å²) in [6.07, 6.45) is 2.21.